The SMILES string of the molecule is O=C(OC[C@H]1CCCN2CCCC[C@H]12)c1cc2ncc(Br)cn2n1. The summed E-state index contributed by atoms with van der Waals surface area (Å²) in [6.07, 6.45) is 9.63. The molecule has 2 aliphatic heterocycles. The first-order chi connectivity index (χ1) is 11.7. The second kappa shape index (κ2) is 6.80. The van der Waals surface area contributed by atoms with E-state index < -0.39 is 0 Å². The van der Waals surface area contributed by atoms with Crippen LogP contribution in [0.15, 0.2) is 22.9 Å². The number of nitrogens with zero attached hydrogens (tertiary/aromatic N) is 4. The van der Waals surface area contributed by atoms with E-state index in [1.165, 1.54) is 38.8 Å². The van der Waals surface area contributed by atoms with E-state index in [1.54, 1.807) is 23.0 Å². The Labute approximate surface area is 149 Å². The molecule has 0 aliphatic carbocycles. The van der Waals surface area contributed by atoms with Crippen molar-refractivity contribution in [2.45, 2.75) is 38.1 Å². The Kier molecular flexibility index (Phi) is 4.54. The zero-order chi connectivity index (χ0) is 16.5. The maximum absolute atomic E-state index is 12.4. The van der Waals surface area contributed by atoms with Crippen molar-refractivity contribution in [1.29, 1.82) is 0 Å². The molecule has 2 aromatic heterocycles. The highest BCUT2D eigenvalue weighted by molar-refractivity contribution is 9.10. The predicted molar refractivity (Wildman–Crippen MR) is 92.9 cm³/mol. The topological polar surface area (TPSA) is 59.7 Å². The van der Waals surface area contributed by atoms with Crippen molar-refractivity contribution in [3.63, 3.8) is 0 Å². The van der Waals surface area contributed by atoms with Gasteiger partial charge in [-0.25, -0.2) is 14.3 Å². The molecule has 2 fully saturated rings. The highest BCUT2D eigenvalue weighted by Crippen LogP contribution is 2.31. The van der Waals surface area contributed by atoms with Crippen molar-refractivity contribution in [1.82, 2.24) is 19.5 Å². The summed E-state index contributed by atoms with van der Waals surface area (Å²) in [7, 11) is 0. The maximum atomic E-state index is 12.4. The van der Waals surface area contributed by atoms with Gasteiger partial charge < -0.3 is 4.74 Å². The number of hydrogen-bond donors (Lipinski definition) is 0. The Morgan fingerprint density at radius 2 is 2.17 bits per heavy atom. The quantitative estimate of drug-likeness (QED) is 0.751. The van der Waals surface area contributed by atoms with Crippen LogP contribution in [0.3, 0.4) is 0 Å². The average molecular weight is 393 g/mol. The molecule has 0 radical (unpaired) electrons. The Morgan fingerprint density at radius 3 is 3.08 bits per heavy atom. The van der Waals surface area contributed by atoms with Crippen LogP contribution in [0.2, 0.25) is 0 Å². The summed E-state index contributed by atoms with van der Waals surface area (Å²) in [5.74, 6) is 0.0943. The van der Waals surface area contributed by atoms with E-state index in [9.17, 15) is 4.79 Å². The summed E-state index contributed by atoms with van der Waals surface area (Å²) >= 11 is 3.35. The van der Waals surface area contributed by atoms with E-state index in [4.69, 9.17) is 4.74 Å². The van der Waals surface area contributed by atoms with Crippen LogP contribution >= 0.6 is 15.9 Å². The van der Waals surface area contributed by atoms with Crippen molar-refractivity contribution < 1.29 is 9.53 Å². The van der Waals surface area contributed by atoms with Gasteiger partial charge in [-0.3, -0.25) is 4.90 Å². The first-order valence-electron chi connectivity index (χ1n) is 8.63. The van der Waals surface area contributed by atoms with Crippen LogP contribution in [0.1, 0.15) is 42.6 Å². The number of fused-ring (bicyclic) bond motifs is 2. The largest absolute Gasteiger partial charge is 0.461 e. The second-order valence-corrected chi connectivity index (χ2v) is 7.62. The maximum Gasteiger partial charge on any atom is 0.358 e. The van der Waals surface area contributed by atoms with Gasteiger partial charge in [-0.05, 0) is 54.7 Å². The Balaban J connectivity index is 1.41. The van der Waals surface area contributed by atoms with Gasteiger partial charge in [0.05, 0.1) is 11.1 Å². The van der Waals surface area contributed by atoms with E-state index in [0.717, 1.165) is 10.9 Å². The van der Waals surface area contributed by atoms with Crippen LogP contribution in [0.4, 0.5) is 0 Å². The van der Waals surface area contributed by atoms with E-state index in [0.29, 0.717) is 29.9 Å². The van der Waals surface area contributed by atoms with Gasteiger partial charge in [-0.1, -0.05) is 6.42 Å². The summed E-state index contributed by atoms with van der Waals surface area (Å²) in [5, 5.41) is 4.26. The van der Waals surface area contributed by atoms with Gasteiger partial charge in [0.2, 0.25) is 0 Å². The van der Waals surface area contributed by atoms with Crippen LogP contribution < -0.4 is 0 Å². The van der Waals surface area contributed by atoms with Crippen LogP contribution in [0.5, 0.6) is 0 Å². The first kappa shape index (κ1) is 16.0. The standard InChI is InChI=1S/C17H21BrN4O2/c18-13-9-19-16-8-14(20-22(16)10-13)17(23)24-11-12-4-3-7-21-6-2-1-5-15(12)21/h8-10,12,15H,1-7,11H2/t12-,15-/m1/s1. The summed E-state index contributed by atoms with van der Waals surface area (Å²) in [4.78, 5) is 19.2. The molecule has 0 unspecified atom stereocenters. The zero-order valence-corrected chi connectivity index (χ0v) is 15.1. The van der Waals surface area contributed by atoms with Gasteiger partial charge in [0.15, 0.2) is 11.3 Å². The minimum atomic E-state index is -0.357. The highest BCUT2D eigenvalue weighted by atomic mass is 79.9. The van der Waals surface area contributed by atoms with Crippen molar-refractivity contribution >= 4 is 27.5 Å². The van der Waals surface area contributed by atoms with E-state index in [1.807, 2.05) is 0 Å². The highest BCUT2D eigenvalue weighted by Gasteiger charge is 2.33. The number of hydrogen-bond acceptors (Lipinski definition) is 5. The van der Waals surface area contributed by atoms with E-state index in [-0.39, 0.29) is 5.97 Å². The van der Waals surface area contributed by atoms with Crippen molar-refractivity contribution in [3.05, 3.63) is 28.6 Å². The van der Waals surface area contributed by atoms with Gasteiger partial charge in [0.25, 0.3) is 0 Å². The lowest BCUT2D eigenvalue weighted by molar-refractivity contribution is 0.00700. The second-order valence-electron chi connectivity index (χ2n) is 6.70. The van der Waals surface area contributed by atoms with Crippen LogP contribution in [0.25, 0.3) is 5.65 Å². The number of carbonyl (C=O) groups excluding carboxylic acids is 1. The number of halogens is 1. The lowest BCUT2D eigenvalue weighted by Crippen LogP contribution is -2.49. The number of carbonyl (C=O) groups is 1. The van der Waals surface area contributed by atoms with Crippen LogP contribution in [-0.2, 0) is 4.74 Å². The van der Waals surface area contributed by atoms with Gasteiger partial charge in [-0.15, -0.1) is 0 Å². The van der Waals surface area contributed by atoms with Crippen molar-refractivity contribution in [2.24, 2.45) is 5.92 Å². The van der Waals surface area contributed by atoms with E-state index >= 15 is 0 Å². The number of piperidine rings is 2. The Morgan fingerprint density at radius 1 is 1.29 bits per heavy atom. The number of rotatable bonds is 3. The molecule has 128 valence electrons. The van der Waals surface area contributed by atoms with Crippen molar-refractivity contribution in [3.8, 4) is 0 Å². The zero-order valence-electron chi connectivity index (χ0n) is 13.5. The molecular weight excluding hydrogens is 372 g/mol. The molecule has 2 atom stereocenters. The predicted octanol–water partition coefficient (Wildman–Crippen LogP) is 2.91. The first-order valence-corrected chi connectivity index (χ1v) is 9.42. The molecule has 24 heavy (non-hydrogen) atoms. The fourth-order valence-corrected chi connectivity index (χ4v) is 4.28. The normalized spacial score (nSPS) is 24.7. The number of aromatic nitrogens is 3. The van der Waals surface area contributed by atoms with Gasteiger partial charge in [0.1, 0.15) is 0 Å². The molecule has 2 saturated heterocycles. The smallest absolute Gasteiger partial charge is 0.358 e. The Hall–Kier alpha value is -1.47. The molecule has 4 heterocycles. The molecule has 4 rings (SSSR count). The molecule has 2 aromatic rings. The summed E-state index contributed by atoms with van der Waals surface area (Å²) < 4.78 is 8.00. The molecule has 0 spiro atoms. The van der Waals surface area contributed by atoms with Crippen molar-refractivity contribution in [2.75, 3.05) is 19.7 Å². The van der Waals surface area contributed by atoms with Crippen LogP contribution in [-0.4, -0.2) is 51.2 Å². The minimum absolute atomic E-state index is 0.317. The molecule has 0 saturated carbocycles. The molecule has 0 aromatic carbocycles. The average Bonchev–Trinajstić information content (AvgIpc) is 3.03. The number of ether oxygens (including phenoxy) is 1. The molecule has 2 aliphatic rings. The molecule has 0 N–H and O–H groups in total. The third kappa shape index (κ3) is 3.19. The third-order valence-electron chi connectivity index (χ3n) is 5.15. The van der Waals surface area contributed by atoms with Gasteiger partial charge >= 0.3 is 5.97 Å². The molecule has 0 amide bonds. The van der Waals surface area contributed by atoms with Crippen LogP contribution in [0, 0.1) is 5.92 Å². The molecule has 6 nitrogen and oxygen atoms in total. The summed E-state index contributed by atoms with van der Waals surface area (Å²) in [5.41, 5.74) is 0.957. The molecule has 7 heteroatoms. The lowest BCUT2D eigenvalue weighted by Gasteiger charge is -2.44. The van der Waals surface area contributed by atoms with E-state index in [2.05, 4.69) is 30.9 Å². The third-order valence-corrected chi connectivity index (χ3v) is 5.56. The molecular formula is C17H21BrN4O2. The van der Waals surface area contributed by atoms with Gasteiger partial charge in [-0.2, -0.15) is 5.10 Å². The number of esters is 1. The Bertz CT molecular complexity index is 745. The summed E-state index contributed by atoms with van der Waals surface area (Å²) in [6, 6.07) is 2.25. The fourth-order valence-electron chi connectivity index (χ4n) is 3.98. The molecule has 0 bridgehead atoms. The lowest BCUT2D eigenvalue weighted by atomic mass is 9.84. The fraction of sp³-hybridized carbons (Fsp3) is 0.588. The monoisotopic (exact) mass is 392 g/mol. The van der Waals surface area contributed by atoms with Gasteiger partial charge in [0, 0.05) is 30.4 Å². The minimum Gasteiger partial charge on any atom is -0.461 e. The summed E-state index contributed by atoms with van der Waals surface area (Å²) in [6.45, 7) is 2.88.